The Morgan fingerprint density at radius 2 is 2.12 bits per heavy atom. The Balaban J connectivity index is 2.80. The van der Waals surface area contributed by atoms with Gasteiger partial charge in [0.2, 0.25) is 0 Å². The third-order valence-corrected chi connectivity index (χ3v) is 2.30. The maximum atomic E-state index is 11.6. The van der Waals surface area contributed by atoms with Crippen LogP contribution in [0.3, 0.4) is 0 Å². The highest BCUT2D eigenvalue weighted by Crippen LogP contribution is 2.26. The molecule has 1 amide bonds. The minimum Gasteiger partial charge on any atom is -0.479 e. The number of hydrogen-bond acceptors (Lipinski definition) is 3. The van der Waals surface area contributed by atoms with Crippen molar-refractivity contribution >= 4 is 23.2 Å². The van der Waals surface area contributed by atoms with Crippen LogP contribution in [0.25, 0.3) is 0 Å². The highest BCUT2D eigenvalue weighted by molar-refractivity contribution is 6.30. The van der Waals surface area contributed by atoms with Crippen LogP contribution in [0.15, 0.2) is 18.2 Å². The van der Waals surface area contributed by atoms with Crippen molar-refractivity contribution in [2.24, 2.45) is 0 Å². The van der Waals surface area contributed by atoms with E-state index in [1.165, 1.54) is 4.90 Å². The summed E-state index contributed by atoms with van der Waals surface area (Å²) >= 11 is 5.81. The molecule has 0 aliphatic rings. The normalized spacial score (nSPS) is 12.0. The largest absolute Gasteiger partial charge is 0.479 e. The second-order valence-corrected chi connectivity index (χ2v) is 4.11. The Bertz CT molecular complexity index is 394. The van der Waals surface area contributed by atoms with E-state index >= 15 is 0 Å². The summed E-state index contributed by atoms with van der Waals surface area (Å²) in [5.74, 6) is 0.301. The van der Waals surface area contributed by atoms with Crippen LogP contribution >= 0.6 is 11.6 Å². The van der Waals surface area contributed by atoms with Crippen LogP contribution < -0.4 is 10.5 Å². The second-order valence-electron chi connectivity index (χ2n) is 3.67. The third-order valence-electron chi connectivity index (χ3n) is 2.07. The van der Waals surface area contributed by atoms with Crippen molar-refractivity contribution in [1.29, 1.82) is 0 Å². The van der Waals surface area contributed by atoms with Crippen LogP contribution in [0, 0.1) is 0 Å². The first-order valence-electron chi connectivity index (χ1n) is 4.84. The molecule has 1 unspecified atom stereocenters. The molecule has 5 heteroatoms. The Morgan fingerprint density at radius 3 is 2.69 bits per heavy atom. The van der Waals surface area contributed by atoms with Gasteiger partial charge in [0.15, 0.2) is 6.10 Å². The Labute approximate surface area is 99.9 Å². The van der Waals surface area contributed by atoms with E-state index in [0.717, 1.165) is 0 Å². The fraction of sp³-hybridized carbons (Fsp3) is 0.364. The highest BCUT2D eigenvalue weighted by atomic mass is 35.5. The summed E-state index contributed by atoms with van der Waals surface area (Å²) in [6, 6.07) is 4.91. The van der Waals surface area contributed by atoms with Gasteiger partial charge in [-0.1, -0.05) is 11.6 Å². The maximum Gasteiger partial charge on any atom is 0.262 e. The molecule has 1 rings (SSSR count). The van der Waals surface area contributed by atoms with Crippen LogP contribution in [0.4, 0.5) is 5.69 Å². The van der Waals surface area contributed by atoms with Crippen molar-refractivity contribution in [2.75, 3.05) is 19.8 Å². The van der Waals surface area contributed by atoms with E-state index in [4.69, 9.17) is 22.1 Å². The van der Waals surface area contributed by atoms with E-state index in [-0.39, 0.29) is 5.91 Å². The van der Waals surface area contributed by atoms with Crippen molar-refractivity contribution in [1.82, 2.24) is 4.90 Å². The SMILES string of the molecule is CC(Oc1cc(Cl)ccc1N)C(=O)N(C)C. The van der Waals surface area contributed by atoms with Crippen LogP contribution in [0.1, 0.15) is 6.92 Å². The molecule has 0 heterocycles. The zero-order chi connectivity index (χ0) is 12.3. The third kappa shape index (κ3) is 3.03. The number of nitrogen functional groups attached to an aromatic ring is 1. The van der Waals surface area contributed by atoms with Gasteiger partial charge >= 0.3 is 0 Å². The molecule has 1 atom stereocenters. The molecule has 2 N–H and O–H groups in total. The molecule has 1 aromatic rings. The number of carbonyl (C=O) groups excluding carboxylic acids is 1. The van der Waals surface area contributed by atoms with E-state index in [9.17, 15) is 4.79 Å². The van der Waals surface area contributed by atoms with Gasteiger partial charge < -0.3 is 15.4 Å². The molecule has 0 saturated carbocycles. The number of benzene rings is 1. The van der Waals surface area contributed by atoms with Crippen molar-refractivity contribution in [3.05, 3.63) is 23.2 Å². The molecule has 0 fully saturated rings. The molecule has 4 nitrogen and oxygen atoms in total. The van der Waals surface area contributed by atoms with Crippen molar-refractivity contribution in [2.45, 2.75) is 13.0 Å². The zero-order valence-electron chi connectivity index (χ0n) is 9.53. The number of likely N-dealkylation sites (N-methyl/N-ethyl adjacent to an activating group) is 1. The van der Waals surface area contributed by atoms with Crippen molar-refractivity contribution in [3.63, 3.8) is 0 Å². The lowest BCUT2D eigenvalue weighted by atomic mass is 10.3. The molecular weight excluding hydrogens is 228 g/mol. The summed E-state index contributed by atoms with van der Waals surface area (Å²) < 4.78 is 5.45. The number of hydrogen-bond donors (Lipinski definition) is 1. The number of anilines is 1. The summed E-state index contributed by atoms with van der Waals surface area (Å²) in [7, 11) is 3.34. The van der Waals surface area contributed by atoms with Gasteiger partial charge in [0.1, 0.15) is 5.75 Å². The molecule has 0 aliphatic carbocycles. The lowest BCUT2D eigenvalue weighted by Crippen LogP contribution is -2.35. The van der Waals surface area contributed by atoms with Crippen LogP contribution in [-0.4, -0.2) is 31.0 Å². The van der Waals surface area contributed by atoms with Gasteiger partial charge in [0.25, 0.3) is 5.91 Å². The molecule has 88 valence electrons. The number of nitrogens with two attached hydrogens (primary N) is 1. The van der Waals surface area contributed by atoms with Crippen LogP contribution in [0.5, 0.6) is 5.75 Å². The predicted octanol–water partition coefficient (Wildman–Crippen LogP) is 1.78. The summed E-state index contributed by atoms with van der Waals surface area (Å²) in [5.41, 5.74) is 6.17. The fourth-order valence-corrected chi connectivity index (χ4v) is 1.38. The van der Waals surface area contributed by atoms with Crippen molar-refractivity contribution in [3.8, 4) is 5.75 Å². The van der Waals surface area contributed by atoms with E-state index < -0.39 is 6.10 Å². The number of carbonyl (C=O) groups is 1. The first-order chi connectivity index (χ1) is 7.41. The van der Waals surface area contributed by atoms with Gasteiger partial charge in [-0.15, -0.1) is 0 Å². The number of nitrogens with zero attached hydrogens (tertiary/aromatic N) is 1. The summed E-state index contributed by atoms with van der Waals surface area (Å²) in [6.45, 7) is 1.67. The molecule has 0 aliphatic heterocycles. The van der Waals surface area contributed by atoms with E-state index in [1.807, 2.05) is 0 Å². The smallest absolute Gasteiger partial charge is 0.262 e. The van der Waals surface area contributed by atoms with E-state index in [1.54, 1.807) is 39.2 Å². The average molecular weight is 243 g/mol. The molecule has 0 radical (unpaired) electrons. The standard InChI is InChI=1S/C11H15ClN2O2/c1-7(11(15)14(2)3)16-10-6-8(12)4-5-9(10)13/h4-7H,13H2,1-3H3. The molecule has 0 bridgehead atoms. The first-order valence-corrected chi connectivity index (χ1v) is 5.22. The molecule has 0 spiro atoms. The number of halogens is 1. The quantitative estimate of drug-likeness (QED) is 0.822. The number of amides is 1. The second kappa shape index (κ2) is 5.07. The monoisotopic (exact) mass is 242 g/mol. The van der Waals surface area contributed by atoms with Crippen molar-refractivity contribution < 1.29 is 9.53 Å². The zero-order valence-corrected chi connectivity index (χ0v) is 10.3. The molecule has 0 aromatic heterocycles. The summed E-state index contributed by atoms with van der Waals surface area (Å²) in [5, 5.41) is 0.522. The molecule has 16 heavy (non-hydrogen) atoms. The first kappa shape index (κ1) is 12.6. The molecular formula is C11H15ClN2O2. The Morgan fingerprint density at radius 1 is 1.50 bits per heavy atom. The summed E-state index contributed by atoms with van der Waals surface area (Å²) in [6.07, 6.45) is -0.587. The van der Waals surface area contributed by atoms with Gasteiger partial charge in [0, 0.05) is 25.2 Å². The van der Waals surface area contributed by atoms with Crippen LogP contribution in [-0.2, 0) is 4.79 Å². The fourth-order valence-electron chi connectivity index (χ4n) is 1.21. The summed E-state index contributed by atoms with van der Waals surface area (Å²) in [4.78, 5) is 13.0. The molecule has 0 saturated heterocycles. The van der Waals surface area contributed by atoms with Gasteiger partial charge in [0.05, 0.1) is 5.69 Å². The average Bonchev–Trinajstić information content (AvgIpc) is 2.22. The van der Waals surface area contributed by atoms with Gasteiger partial charge in [-0.25, -0.2) is 0 Å². The Kier molecular flexibility index (Phi) is 4.01. The van der Waals surface area contributed by atoms with E-state index in [0.29, 0.717) is 16.5 Å². The van der Waals surface area contributed by atoms with Gasteiger partial charge in [-0.05, 0) is 19.1 Å². The van der Waals surface area contributed by atoms with Gasteiger partial charge in [-0.2, -0.15) is 0 Å². The van der Waals surface area contributed by atoms with Gasteiger partial charge in [-0.3, -0.25) is 4.79 Å². The Hall–Kier alpha value is -1.42. The minimum atomic E-state index is -0.587. The minimum absolute atomic E-state index is 0.126. The lowest BCUT2D eigenvalue weighted by Gasteiger charge is -2.19. The topological polar surface area (TPSA) is 55.6 Å². The lowest BCUT2D eigenvalue weighted by molar-refractivity contribution is -0.135. The predicted molar refractivity (Wildman–Crippen MR) is 64.6 cm³/mol. The van der Waals surface area contributed by atoms with E-state index in [2.05, 4.69) is 0 Å². The highest BCUT2D eigenvalue weighted by Gasteiger charge is 2.17. The maximum absolute atomic E-state index is 11.6. The van der Waals surface area contributed by atoms with Crippen LogP contribution in [0.2, 0.25) is 5.02 Å². The number of ether oxygens (including phenoxy) is 1. The molecule has 1 aromatic carbocycles. The number of rotatable bonds is 3.